The fraction of sp³-hybridized carbons (Fsp3) is 0.300. The molecule has 0 aliphatic rings. The minimum Gasteiger partial charge on any atom is -0.396 e. The molecular formula is C10H12O2S. The van der Waals surface area contributed by atoms with Crippen molar-refractivity contribution in [3.63, 3.8) is 0 Å². The molecule has 0 fully saturated rings. The highest BCUT2D eigenvalue weighted by Crippen LogP contribution is 2.22. The highest BCUT2D eigenvalue weighted by molar-refractivity contribution is 7.99. The van der Waals surface area contributed by atoms with Gasteiger partial charge in [0, 0.05) is 16.2 Å². The zero-order valence-electron chi connectivity index (χ0n) is 7.49. The lowest BCUT2D eigenvalue weighted by Crippen LogP contribution is -1.90. The molecule has 0 spiro atoms. The molecule has 2 nitrogen and oxygen atoms in total. The number of hydrogen-bond acceptors (Lipinski definition) is 3. The molecule has 0 atom stereocenters. The molecule has 0 bridgehead atoms. The van der Waals surface area contributed by atoms with Crippen LogP contribution < -0.4 is 0 Å². The van der Waals surface area contributed by atoms with Crippen LogP contribution in [-0.4, -0.2) is 23.8 Å². The molecule has 0 aliphatic carbocycles. The minimum absolute atomic E-state index is 0.136. The van der Waals surface area contributed by atoms with Crippen LogP contribution in [0.2, 0.25) is 0 Å². The standard InChI is InChI=1S/C10H12O2S/c1-8-2-3-10(13-5-4-11)9(6-8)7-12/h2-3,6-7,11H,4-5H2,1H3. The number of thioether (sulfide) groups is 1. The van der Waals surface area contributed by atoms with Crippen molar-refractivity contribution in [3.05, 3.63) is 29.3 Å². The Bertz CT molecular complexity index is 297. The van der Waals surface area contributed by atoms with Crippen LogP contribution in [0.15, 0.2) is 23.1 Å². The first-order valence-electron chi connectivity index (χ1n) is 4.07. The maximum Gasteiger partial charge on any atom is 0.151 e. The lowest BCUT2D eigenvalue weighted by atomic mass is 10.2. The monoisotopic (exact) mass is 196 g/mol. The zero-order valence-corrected chi connectivity index (χ0v) is 8.30. The second-order valence-electron chi connectivity index (χ2n) is 2.73. The van der Waals surface area contributed by atoms with Crippen molar-refractivity contribution >= 4 is 18.0 Å². The van der Waals surface area contributed by atoms with Crippen molar-refractivity contribution in [1.29, 1.82) is 0 Å². The Morgan fingerprint density at radius 3 is 2.92 bits per heavy atom. The van der Waals surface area contributed by atoms with Gasteiger partial charge in [-0.1, -0.05) is 11.6 Å². The normalized spacial score (nSPS) is 10.0. The van der Waals surface area contributed by atoms with Gasteiger partial charge in [0.15, 0.2) is 6.29 Å². The lowest BCUT2D eigenvalue weighted by molar-refractivity contribution is 0.112. The number of carbonyl (C=O) groups excluding carboxylic acids is 1. The molecule has 1 rings (SSSR count). The van der Waals surface area contributed by atoms with Crippen LogP contribution in [0.3, 0.4) is 0 Å². The van der Waals surface area contributed by atoms with Crippen molar-refractivity contribution in [2.24, 2.45) is 0 Å². The van der Waals surface area contributed by atoms with Gasteiger partial charge in [0.1, 0.15) is 0 Å². The summed E-state index contributed by atoms with van der Waals surface area (Å²) in [6, 6.07) is 5.73. The summed E-state index contributed by atoms with van der Waals surface area (Å²) in [6.07, 6.45) is 0.854. The average molecular weight is 196 g/mol. The van der Waals surface area contributed by atoms with Crippen LogP contribution in [0.25, 0.3) is 0 Å². The van der Waals surface area contributed by atoms with E-state index in [1.165, 1.54) is 11.8 Å². The molecule has 0 aliphatic heterocycles. The first-order chi connectivity index (χ1) is 6.27. The van der Waals surface area contributed by atoms with Crippen LogP contribution in [0.5, 0.6) is 0 Å². The molecule has 0 saturated carbocycles. The van der Waals surface area contributed by atoms with Crippen LogP contribution in [0.1, 0.15) is 15.9 Å². The molecule has 0 aromatic heterocycles. The van der Waals surface area contributed by atoms with E-state index in [2.05, 4.69) is 0 Å². The summed E-state index contributed by atoms with van der Waals surface area (Å²) in [5, 5.41) is 8.64. The molecule has 1 N–H and O–H groups in total. The summed E-state index contributed by atoms with van der Waals surface area (Å²) in [4.78, 5) is 11.6. The molecule has 3 heteroatoms. The van der Waals surface area contributed by atoms with Gasteiger partial charge in [-0.2, -0.15) is 0 Å². The number of hydrogen-bond donors (Lipinski definition) is 1. The zero-order chi connectivity index (χ0) is 9.68. The molecule has 13 heavy (non-hydrogen) atoms. The summed E-state index contributed by atoms with van der Waals surface area (Å²) < 4.78 is 0. The largest absolute Gasteiger partial charge is 0.396 e. The Morgan fingerprint density at radius 2 is 2.31 bits per heavy atom. The second kappa shape index (κ2) is 5.04. The van der Waals surface area contributed by atoms with Gasteiger partial charge in [-0.3, -0.25) is 4.79 Å². The molecule has 0 saturated heterocycles. The molecule has 0 amide bonds. The fourth-order valence-corrected chi connectivity index (χ4v) is 1.80. The molecule has 0 unspecified atom stereocenters. The van der Waals surface area contributed by atoms with Crippen molar-refractivity contribution in [1.82, 2.24) is 0 Å². The summed E-state index contributed by atoms with van der Waals surface area (Å²) in [6.45, 7) is 2.09. The van der Waals surface area contributed by atoms with Crippen molar-refractivity contribution in [2.75, 3.05) is 12.4 Å². The molecule has 1 aromatic rings. The van der Waals surface area contributed by atoms with Crippen LogP contribution in [0.4, 0.5) is 0 Å². The summed E-state index contributed by atoms with van der Waals surface area (Å²) in [5.41, 5.74) is 1.79. The Morgan fingerprint density at radius 1 is 1.54 bits per heavy atom. The van der Waals surface area contributed by atoms with E-state index in [0.717, 1.165) is 16.7 Å². The number of aliphatic hydroxyl groups is 1. The van der Waals surface area contributed by atoms with Crippen LogP contribution >= 0.6 is 11.8 Å². The summed E-state index contributed by atoms with van der Waals surface area (Å²) >= 11 is 1.50. The van der Waals surface area contributed by atoms with E-state index >= 15 is 0 Å². The number of rotatable bonds is 4. The number of aryl methyl sites for hydroxylation is 1. The van der Waals surface area contributed by atoms with Crippen LogP contribution in [0, 0.1) is 6.92 Å². The van der Waals surface area contributed by atoms with E-state index in [4.69, 9.17) is 5.11 Å². The molecular weight excluding hydrogens is 184 g/mol. The van der Waals surface area contributed by atoms with Crippen molar-refractivity contribution in [3.8, 4) is 0 Å². The summed E-state index contributed by atoms with van der Waals surface area (Å²) in [5.74, 6) is 0.629. The van der Waals surface area contributed by atoms with Gasteiger partial charge in [0.05, 0.1) is 6.61 Å². The lowest BCUT2D eigenvalue weighted by Gasteiger charge is -2.03. The number of aldehydes is 1. The number of benzene rings is 1. The predicted molar refractivity (Wildman–Crippen MR) is 54.4 cm³/mol. The topological polar surface area (TPSA) is 37.3 Å². The molecule has 70 valence electrons. The van der Waals surface area contributed by atoms with Gasteiger partial charge in [0.25, 0.3) is 0 Å². The van der Waals surface area contributed by atoms with E-state index in [9.17, 15) is 4.79 Å². The van der Waals surface area contributed by atoms with Gasteiger partial charge in [-0.15, -0.1) is 11.8 Å². The minimum atomic E-state index is 0.136. The average Bonchev–Trinajstić information content (AvgIpc) is 2.16. The highest BCUT2D eigenvalue weighted by atomic mass is 32.2. The van der Waals surface area contributed by atoms with Gasteiger partial charge in [-0.05, 0) is 19.1 Å². The first-order valence-corrected chi connectivity index (χ1v) is 5.06. The fourth-order valence-electron chi connectivity index (χ4n) is 1.05. The molecule has 0 radical (unpaired) electrons. The highest BCUT2D eigenvalue weighted by Gasteiger charge is 2.01. The van der Waals surface area contributed by atoms with Crippen molar-refractivity contribution in [2.45, 2.75) is 11.8 Å². The first kappa shape index (κ1) is 10.3. The Balaban J connectivity index is 2.86. The van der Waals surface area contributed by atoms with E-state index < -0.39 is 0 Å². The number of carbonyl (C=O) groups is 1. The Labute approximate surface area is 82.0 Å². The van der Waals surface area contributed by atoms with Gasteiger partial charge in [0.2, 0.25) is 0 Å². The third-order valence-corrected chi connectivity index (χ3v) is 2.71. The third-order valence-electron chi connectivity index (χ3n) is 1.64. The Hall–Kier alpha value is -0.800. The maximum absolute atomic E-state index is 10.7. The number of aliphatic hydroxyl groups excluding tert-OH is 1. The third kappa shape index (κ3) is 2.86. The molecule has 1 aromatic carbocycles. The smallest absolute Gasteiger partial charge is 0.151 e. The van der Waals surface area contributed by atoms with E-state index in [0.29, 0.717) is 11.3 Å². The van der Waals surface area contributed by atoms with E-state index in [-0.39, 0.29) is 6.61 Å². The SMILES string of the molecule is Cc1ccc(SCCO)c(C=O)c1. The quantitative estimate of drug-likeness (QED) is 0.590. The van der Waals surface area contributed by atoms with Gasteiger partial charge in [-0.25, -0.2) is 0 Å². The Kier molecular flexibility index (Phi) is 3.99. The van der Waals surface area contributed by atoms with Crippen molar-refractivity contribution < 1.29 is 9.90 Å². The second-order valence-corrected chi connectivity index (χ2v) is 3.87. The van der Waals surface area contributed by atoms with Gasteiger partial charge < -0.3 is 5.11 Å². The maximum atomic E-state index is 10.7. The van der Waals surface area contributed by atoms with Crippen LogP contribution in [-0.2, 0) is 0 Å². The molecule has 0 heterocycles. The van der Waals surface area contributed by atoms with E-state index in [1.54, 1.807) is 0 Å². The van der Waals surface area contributed by atoms with Gasteiger partial charge >= 0.3 is 0 Å². The predicted octanol–water partition coefficient (Wildman–Crippen LogP) is 1.89. The van der Waals surface area contributed by atoms with E-state index in [1.807, 2.05) is 25.1 Å². The summed E-state index contributed by atoms with van der Waals surface area (Å²) in [7, 11) is 0.